The molecule has 0 radical (unpaired) electrons. The molecule has 14 heteroatoms. The summed E-state index contributed by atoms with van der Waals surface area (Å²) >= 11 is 5.35. The smallest absolute Gasteiger partial charge is 0.296 e. The molecule has 0 bridgehead atoms. The van der Waals surface area contributed by atoms with Gasteiger partial charge in [0.05, 0.1) is 22.1 Å². The minimum Gasteiger partial charge on any atom is -0.325 e. The van der Waals surface area contributed by atoms with E-state index in [1.807, 2.05) is 0 Å². The Morgan fingerprint density at radius 2 is 1.56 bits per heavy atom. The molecule has 1 amide bonds. The summed E-state index contributed by atoms with van der Waals surface area (Å²) in [5.74, 6) is -1.47. The van der Waals surface area contributed by atoms with Crippen LogP contribution in [0.1, 0.15) is 18.4 Å². The lowest BCUT2D eigenvalue weighted by Crippen LogP contribution is -2.18. The van der Waals surface area contributed by atoms with Crippen LogP contribution in [0.4, 0.5) is 5.69 Å². The highest BCUT2D eigenvalue weighted by molar-refractivity contribution is 7.91. The minimum absolute atomic E-state index is 0.0801. The zero-order valence-corrected chi connectivity index (χ0v) is 17.3. The first kappa shape index (κ1) is 23.8. The van der Waals surface area contributed by atoms with Gasteiger partial charge >= 0.3 is 0 Å². The van der Waals surface area contributed by atoms with Crippen molar-refractivity contribution in [2.45, 2.75) is 29.6 Å². The van der Waals surface area contributed by atoms with Crippen molar-refractivity contribution in [1.82, 2.24) is 0 Å². The number of benzene rings is 1. The number of alkyl halides is 1. The lowest BCUT2D eigenvalue weighted by molar-refractivity contribution is -0.116. The third kappa shape index (κ3) is 7.35. The van der Waals surface area contributed by atoms with Crippen molar-refractivity contribution in [3.05, 3.63) is 17.7 Å². The van der Waals surface area contributed by atoms with E-state index < -0.39 is 51.5 Å². The summed E-state index contributed by atoms with van der Waals surface area (Å²) in [5, 5.41) is 2.10. The normalized spacial score (nSPS) is 12.7. The predicted octanol–water partition coefficient (Wildman–Crippen LogP) is 0.861. The molecule has 0 saturated carbocycles. The van der Waals surface area contributed by atoms with Crippen LogP contribution < -0.4 is 5.32 Å². The molecule has 0 aliphatic carbocycles. The van der Waals surface area contributed by atoms with Crippen LogP contribution in [0.3, 0.4) is 0 Å². The van der Waals surface area contributed by atoms with E-state index in [9.17, 15) is 39.2 Å². The van der Waals surface area contributed by atoms with Crippen molar-refractivity contribution >= 4 is 53.3 Å². The van der Waals surface area contributed by atoms with Crippen molar-refractivity contribution in [3.63, 3.8) is 0 Å². The second kappa shape index (κ2) is 8.84. The molecule has 0 aliphatic heterocycles. The van der Waals surface area contributed by atoms with Crippen molar-refractivity contribution in [2.75, 3.05) is 22.7 Å². The highest BCUT2D eigenvalue weighted by atomic mass is 35.5. The van der Waals surface area contributed by atoms with Crippen LogP contribution in [0.25, 0.3) is 0 Å². The molecule has 27 heavy (non-hydrogen) atoms. The molecule has 0 saturated heterocycles. The summed E-state index contributed by atoms with van der Waals surface area (Å²) in [4.78, 5) is 10.5. The van der Waals surface area contributed by atoms with Gasteiger partial charge in [0, 0.05) is 12.3 Å². The van der Waals surface area contributed by atoms with E-state index in [0.717, 1.165) is 6.07 Å². The average molecular weight is 464 g/mol. The van der Waals surface area contributed by atoms with Crippen LogP contribution in [-0.4, -0.2) is 57.7 Å². The maximum Gasteiger partial charge on any atom is 0.296 e. The summed E-state index contributed by atoms with van der Waals surface area (Å²) in [6.07, 6.45) is -0.398. The number of hydrogen-bond donors (Lipinski definition) is 3. The first-order valence-electron chi connectivity index (χ1n) is 7.33. The Balaban J connectivity index is 3.09. The molecule has 0 atom stereocenters. The Bertz CT molecular complexity index is 1030. The standard InChI is InChI=1S/C13H18ClNO9S3/c1-9-7-12(27(22,23)24)10(8-11(9)26(19,20)21)15-13(16)3-2-5-25(17,18)6-4-14/h7-8H,2-6H2,1H3,(H,15,16)(H,19,20,21)(H,22,23,24). The fourth-order valence-corrected chi connectivity index (χ4v) is 5.31. The summed E-state index contributed by atoms with van der Waals surface area (Å²) in [6.45, 7) is 1.19. The van der Waals surface area contributed by atoms with Gasteiger partial charge in [0.25, 0.3) is 20.2 Å². The molecule has 0 heterocycles. The van der Waals surface area contributed by atoms with E-state index in [1.54, 1.807) is 0 Å². The molecule has 154 valence electrons. The van der Waals surface area contributed by atoms with Crippen LogP contribution in [0.2, 0.25) is 0 Å². The van der Waals surface area contributed by atoms with E-state index in [-0.39, 0.29) is 35.8 Å². The maximum absolute atomic E-state index is 12.0. The lowest BCUT2D eigenvalue weighted by atomic mass is 10.2. The maximum atomic E-state index is 12.0. The number of carbonyl (C=O) groups excluding carboxylic acids is 1. The number of anilines is 1. The topological polar surface area (TPSA) is 172 Å². The molecule has 3 N–H and O–H groups in total. The van der Waals surface area contributed by atoms with Gasteiger partial charge in [-0.05, 0) is 31.0 Å². The third-order valence-corrected chi connectivity index (χ3v) is 7.39. The number of hydrogen-bond acceptors (Lipinski definition) is 7. The van der Waals surface area contributed by atoms with Gasteiger partial charge in [0.15, 0.2) is 9.84 Å². The fraction of sp³-hybridized carbons (Fsp3) is 0.462. The van der Waals surface area contributed by atoms with Crippen molar-refractivity contribution in [2.24, 2.45) is 0 Å². The zero-order chi connectivity index (χ0) is 21.0. The summed E-state index contributed by atoms with van der Waals surface area (Å²) < 4.78 is 87.1. The SMILES string of the molecule is Cc1cc(S(=O)(=O)O)c(NC(=O)CCCS(=O)(=O)CCCl)cc1S(=O)(=O)O. The molecule has 0 spiro atoms. The Labute approximate surface area is 162 Å². The second-order valence-corrected chi connectivity index (χ2v) is 11.0. The van der Waals surface area contributed by atoms with Crippen LogP contribution in [0.5, 0.6) is 0 Å². The molecule has 10 nitrogen and oxygen atoms in total. The van der Waals surface area contributed by atoms with Gasteiger partial charge in [0.2, 0.25) is 5.91 Å². The van der Waals surface area contributed by atoms with E-state index in [2.05, 4.69) is 5.32 Å². The molecular formula is C13H18ClNO9S3. The molecule has 1 rings (SSSR count). The van der Waals surface area contributed by atoms with Gasteiger partial charge in [-0.2, -0.15) is 16.8 Å². The van der Waals surface area contributed by atoms with E-state index in [4.69, 9.17) is 11.6 Å². The van der Waals surface area contributed by atoms with Crippen molar-refractivity contribution in [1.29, 1.82) is 0 Å². The van der Waals surface area contributed by atoms with Crippen molar-refractivity contribution in [3.8, 4) is 0 Å². The van der Waals surface area contributed by atoms with Gasteiger partial charge in [-0.1, -0.05) is 0 Å². The van der Waals surface area contributed by atoms with Crippen LogP contribution in [0, 0.1) is 6.92 Å². The fourth-order valence-electron chi connectivity index (χ4n) is 2.14. The number of sulfone groups is 1. The monoisotopic (exact) mass is 463 g/mol. The highest BCUT2D eigenvalue weighted by Gasteiger charge is 2.23. The molecule has 1 aromatic carbocycles. The third-order valence-electron chi connectivity index (χ3n) is 3.35. The van der Waals surface area contributed by atoms with Gasteiger partial charge in [0.1, 0.15) is 4.90 Å². The Morgan fingerprint density at radius 3 is 2.04 bits per heavy atom. The number of nitrogens with one attached hydrogen (secondary N) is 1. The van der Waals surface area contributed by atoms with Crippen LogP contribution >= 0.6 is 11.6 Å². The van der Waals surface area contributed by atoms with Crippen molar-refractivity contribution < 1.29 is 39.2 Å². The average Bonchev–Trinajstić information content (AvgIpc) is 2.46. The summed E-state index contributed by atoms with van der Waals surface area (Å²) in [7, 11) is -13.0. The lowest BCUT2D eigenvalue weighted by Gasteiger charge is -2.13. The van der Waals surface area contributed by atoms with E-state index in [1.165, 1.54) is 6.92 Å². The highest BCUT2D eigenvalue weighted by Crippen LogP contribution is 2.28. The Morgan fingerprint density at radius 1 is 1.00 bits per heavy atom. The zero-order valence-electron chi connectivity index (χ0n) is 14.0. The number of amides is 1. The second-order valence-electron chi connectivity index (χ2n) is 5.56. The predicted molar refractivity (Wildman–Crippen MR) is 98.0 cm³/mol. The molecule has 0 unspecified atom stereocenters. The molecular weight excluding hydrogens is 446 g/mol. The van der Waals surface area contributed by atoms with E-state index in [0.29, 0.717) is 6.07 Å². The number of rotatable bonds is 9. The summed E-state index contributed by atoms with van der Waals surface area (Å²) in [5.41, 5.74) is -0.736. The van der Waals surface area contributed by atoms with Gasteiger partial charge in [-0.15, -0.1) is 11.6 Å². The number of aryl methyl sites for hydroxylation is 1. The largest absolute Gasteiger partial charge is 0.325 e. The van der Waals surface area contributed by atoms with Gasteiger partial charge < -0.3 is 5.32 Å². The van der Waals surface area contributed by atoms with E-state index >= 15 is 0 Å². The minimum atomic E-state index is -4.82. The number of halogens is 1. The van der Waals surface area contributed by atoms with Crippen LogP contribution in [-0.2, 0) is 34.9 Å². The quantitative estimate of drug-likeness (QED) is 0.354. The molecule has 0 aromatic heterocycles. The van der Waals surface area contributed by atoms with Gasteiger partial charge in [-0.3, -0.25) is 13.9 Å². The first-order valence-corrected chi connectivity index (χ1v) is 12.6. The summed E-state index contributed by atoms with van der Waals surface area (Å²) in [6, 6.07) is 1.47. The first-order chi connectivity index (χ1) is 12.2. The Hall–Kier alpha value is -1.25. The molecule has 0 fully saturated rings. The van der Waals surface area contributed by atoms with Gasteiger partial charge in [-0.25, -0.2) is 8.42 Å². The Kier molecular flexibility index (Phi) is 7.78. The molecule has 0 aliphatic rings. The molecule has 1 aromatic rings. The number of carbonyl (C=O) groups is 1. The van der Waals surface area contributed by atoms with Crippen LogP contribution in [0.15, 0.2) is 21.9 Å².